The molecular formula is C18H20N2O5S. The highest BCUT2D eigenvalue weighted by Crippen LogP contribution is 2.23. The van der Waals surface area contributed by atoms with Crippen LogP contribution in [0, 0.1) is 6.92 Å². The first-order valence-electron chi connectivity index (χ1n) is 7.67. The van der Waals surface area contributed by atoms with Gasteiger partial charge in [-0.1, -0.05) is 6.07 Å². The zero-order valence-corrected chi connectivity index (χ0v) is 15.8. The number of anilines is 2. The van der Waals surface area contributed by atoms with Gasteiger partial charge in [-0.3, -0.25) is 9.10 Å². The summed E-state index contributed by atoms with van der Waals surface area (Å²) in [7, 11) is -0.649. The highest BCUT2D eigenvalue weighted by Gasteiger charge is 2.16. The third kappa shape index (κ3) is 4.40. The van der Waals surface area contributed by atoms with Crippen LogP contribution in [-0.2, 0) is 14.8 Å². The summed E-state index contributed by atoms with van der Waals surface area (Å²) < 4.78 is 29.1. The molecule has 7 nitrogen and oxygen atoms in total. The second-order valence-electron chi connectivity index (χ2n) is 5.76. The number of amides is 1. The molecule has 0 unspecified atom stereocenters. The fraction of sp³-hybridized carbons (Fsp3) is 0.222. The first-order valence-corrected chi connectivity index (χ1v) is 9.52. The minimum Gasteiger partial charge on any atom is -0.465 e. The van der Waals surface area contributed by atoms with E-state index < -0.39 is 16.0 Å². The molecule has 1 N–H and O–H groups in total. The van der Waals surface area contributed by atoms with Gasteiger partial charge in [0.25, 0.3) is 5.91 Å². The van der Waals surface area contributed by atoms with E-state index in [0.29, 0.717) is 28.1 Å². The van der Waals surface area contributed by atoms with E-state index in [1.54, 1.807) is 43.3 Å². The summed E-state index contributed by atoms with van der Waals surface area (Å²) in [6, 6.07) is 11.1. The Kier molecular flexibility index (Phi) is 5.66. The van der Waals surface area contributed by atoms with Crippen LogP contribution in [0.4, 0.5) is 11.4 Å². The lowest BCUT2D eigenvalue weighted by molar-refractivity contribution is 0.0600. The zero-order valence-electron chi connectivity index (χ0n) is 14.9. The largest absolute Gasteiger partial charge is 0.465 e. The van der Waals surface area contributed by atoms with E-state index in [9.17, 15) is 18.0 Å². The Morgan fingerprint density at radius 2 is 1.77 bits per heavy atom. The Morgan fingerprint density at radius 3 is 2.35 bits per heavy atom. The first kappa shape index (κ1) is 19.5. The fourth-order valence-corrected chi connectivity index (χ4v) is 2.94. The van der Waals surface area contributed by atoms with Gasteiger partial charge in [0.1, 0.15) is 0 Å². The molecule has 0 aromatic heterocycles. The molecule has 0 fully saturated rings. The number of aryl methyl sites for hydroxylation is 1. The average molecular weight is 376 g/mol. The third-order valence-corrected chi connectivity index (χ3v) is 5.03. The lowest BCUT2D eigenvalue weighted by Gasteiger charge is -2.19. The summed E-state index contributed by atoms with van der Waals surface area (Å²) in [4.78, 5) is 24.0. The smallest absolute Gasteiger partial charge is 0.337 e. The molecule has 2 aromatic rings. The molecule has 26 heavy (non-hydrogen) atoms. The van der Waals surface area contributed by atoms with Gasteiger partial charge in [0.15, 0.2) is 0 Å². The Balaban J connectivity index is 2.23. The molecule has 0 saturated heterocycles. The molecule has 0 atom stereocenters. The molecule has 2 rings (SSSR count). The molecule has 2 aromatic carbocycles. The van der Waals surface area contributed by atoms with Crippen molar-refractivity contribution in [3.8, 4) is 0 Å². The van der Waals surface area contributed by atoms with Crippen molar-refractivity contribution in [1.82, 2.24) is 0 Å². The average Bonchev–Trinajstić information content (AvgIpc) is 2.59. The molecule has 0 aliphatic heterocycles. The van der Waals surface area contributed by atoms with Crippen LogP contribution < -0.4 is 9.62 Å². The van der Waals surface area contributed by atoms with Crippen molar-refractivity contribution in [3.05, 3.63) is 59.2 Å². The first-order chi connectivity index (χ1) is 12.1. The van der Waals surface area contributed by atoms with E-state index in [0.717, 1.165) is 10.6 Å². The summed E-state index contributed by atoms with van der Waals surface area (Å²) in [5.74, 6) is -0.867. The second-order valence-corrected chi connectivity index (χ2v) is 7.77. The predicted molar refractivity (Wildman–Crippen MR) is 100 cm³/mol. The van der Waals surface area contributed by atoms with Gasteiger partial charge in [0, 0.05) is 18.3 Å². The van der Waals surface area contributed by atoms with Crippen LogP contribution in [0.3, 0.4) is 0 Å². The minimum absolute atomic E-state index is 0.326. The lowest BCUT2D eigenvalue weighted by atomic mass is 10.1. The van der Waals surface area contributed by atoms with Crippen LogP contribution in [0.1, 0.15) is 26.3 Å². The number of nitrogens with zero attached hydrogens (tertiary/aromatic N) is 1. The molecule has 0 heterocycles. The number of hydrogen-bond acceptors (Lipinski definition) is 5. The van der Waals surface area contributed by atoms with Crippen LogP contribution in [-0.4, -0.2) is 40.7 Å². The van der Waals surface area contributed by atoms with Crippen molar-refractivity contribution in [1.29, 1.82) is 0 Å². The monoisotopic (exact) mass is 376 g/mol. The van der Waals surface area contributed by atoms with E-state index in [1.807, 2.05) is 0 Å². The maximum Gasteiger partial charge on any atom is 0.337 e. The number of benzene rings is 2. The number of hydrogen-bond donors (Lipinski definition) is 1. The number of carbonyl (C=O) groups excluding carboxylic acids is 2. The van der Waals surface area contributed by atoms with Gasteiger partial charge in [0.2, 0.25) is 10.0 Å². The standard InChI is InChI=1S/C18H20N2O5S/c1-12-10-13(8-9-16(12)20(2)26(4,23)24)17(21)19-15-7-5-6-14(11-15)18(22)25-3/h5-11H,1-4H3,(H,19,21). The van der Waals surface area contributed by atoms with Gasteiger partial charge in [-0.2, -0.15) is 0 Å². The molecule has 0 spiro atoms. The van der Waals surface area contributed by atoms with E-state index in [4.69, 9.17) is 0 Å². The number of nitrogens with one attached hydrogen (secondary N) is 1. The number of methoxy groups -OCH3 is 1. The second kappa shape index (κ2) is 7.57. The summed E-state index contributed by atoms with van der Waals surface area (Å²) in [5, 5.41) is 2.71. The quantitative estimate of drug-likeness (QED) is 0.809. The van der Waals surface area contributed by atoms with Gasteiger partial charge in [-0.25, -0.2) is 13.2 Å². The van der Waals surface area contributed by atoms with Crippen molar-refractivity contribution in [3.63, 3.8) is 0 Å². The maximum atomic E-state index is 12.4. The highest BCUT2D eigenvalue weighted by atomic mass is 32.2. The number of rotatable bonds is 5. The number of sulfonamides is 1. The Hall–Kier alpha value is -2.87. The number of carbonyl (C=O) groups is 2. The number of esters is 1. The summed E-state index contributed by atoms with van der Waals surface area (Å²) in [6.07, 6.45) is 1.11. The zero-order chi connectivity index (χ0) is 19.5. The van der Waals surface area contributed by atoms with Crippen molar-refractivity contribution in [2.45, 2.75) is 6.92 Å². The van der Waals surface area contributed by atoms with Crippen molar-refractivity contribution >= 4 is 33.3 Å². The van der Waals surface area contributed by atoms with E-state index >= 15 is 0 Å². The van der Waals surface area contributed by atoms with Gasteiger partial charge in [0.05, 0.1) is 24.6 Å². The SMILES string of the molecule is COC(=O)c1cccc(NC(=O)c2ccc(N(C)S(C)(=O)=O)c(C)c2)c1. The molecule has 0 radical (unpaired) electrons. The number of ether oxygens (including phenoxy) is 1. The van der Waals surface area contributed by atoms with Crippen molar-refractivity contribution in [2.75, 3.05) is 30.0 Å². The van der Waals surface area contributed by atoms with Gasteiger partial charge < -0.3 is 10.1 Å². The maximum absolute atomic E-state index is 12.4. The predicted octanol–water partition coefficient (Wildman–Crippen LogP) is 2.43. The minimum atomic E-state index is -3.39. The molecule has 0 aliphatic carbocycles. The van der Waals surface area contributed by atoms with Crippen LogP contribution in [0.5, 0.6) is 0 Å². The highest BCUT2D eigenvalue weighted by molar-refractivity contribution is 7.92. The molecule has 0 aliphatic rings. The van der Waals surface area contributed by atoms with E-state index in [2.05, 4.69) is 10.1 Å². The van der Waals surface area contributed by atoms with Crippen LogP contribution in [0.25, 0.3) is 0 Å². The van der Waals surface area contributed by atoms with Gasteiger partial charge in [-0.15, -0.1) is 0 Å². The molecule has 0 bridgehead atoms. The molecule has 8 heteroatoms. The normalized spacial score (nSPS) is 10.9. The van der Waals surface area contributed by atoms with E-state index in [1.165, 1.54) is 20.2 Å². The lowest BCUT2D eigenvalue weighted by Crippen LogP contribution is -2.25. The fourth-order valence-electron chi connectivity index (χ4n) is 2.37. The Labute approximate surface area is 152 Å². The third-order valence-electron chi connectivity index (χ3n) is 3.84. The molecule has 1 amide bonds. The van der Waals surface area contributed by atoms with Crippen LogP contribution >= 0.6 is 0 Å². The van der Waals surface area contributed by atoms with Gasteiger partial charge >= 0.3 is 5.97 Å². The summed E-state index contributed by atoms with van der Waals surface area (Å²) in [6.45, 7) is 1.73. The Bertz CT molecular complexity index is 954. The summed E-state index contributed by atoms with van der Waals surface area (Å²) >= 11 is 0. The van der Waals surface area contributed by atoms with Crippen LogP contribution in [0.15, 0.2) is 42.5 Å². The topological polar surface area (TPSA) is 92.8 Å². The molecule has 0 saturated carbocycles. The van der Waals surface area contributed by atoms with Crippen molar-refractivity contribution < 1.29 is 22.7 Å². The van der Waals surface area contributed by atoms with Gasteiger partial charge in [-0.05, 0) is 48.9 Å². The summed E-state index contributed by atoms with van der Waals surface area (Å²) in [5.41, 5.74) is 2.29. The van der Waals surface area contributed by atoms with Crippen LogP contribution in [0.2, 0.25) is 0 Å². The van der Waals surface area contributed by atoms with E-state index in [-0.39, 0.29) is 5.91 Å². The molecule has 138 valence electrons. The van der Waals surface area contributed by atoms with Crippen molar-refractivity contribution in [2.24, 2.45) is 0 Å². The Morgan fingerprint density at radius 1 is 1.08 bits per heavy atom. The molecular weight excluding hydrogens is 356 g/mol.